The van der Waals surface area contributed by atoms with Crippen molar-refractivity contribution in [3.63, 3.8) is 0 Å². The van der Waals surface area contributed by atoms with Crippen LogP contribution in [0.4, 0.5) is 5.69 Å². The Balaban J connectivity index is 1.26. The number of nitrogens with one attached hydrogen (secondary N) is 1. The van der Waals surface area contributed by atoms with Crippen LogP contribution in [0.2, 0.25) is 5.02 Å². The number of rotatable bonds is 5. The van der Waals surface area contributed by atoms with Crippen molar-refractivity contribution < 1.29 is 13.2 Å². The average molecular weight is 516 g/mol. The Morgan fingerprint density at radius 1 is 1.03 bits per heavy atom. The number of carbonyl (C=O) groups excluding carboxylic acids is 1. The normalized spacial score (nSPS) is 18.6. The zero-order chi connectivity index (χ0) is 23.9. The Morgan fingerprint density at radius 2 is 1.76 bits per heavy atom. The third kappa shape index (κ3) is 4.28. The lowest BCUT2D eigenvalue weighted by Crippen LogP contribution is -2.51. The van der Waals surface area contributed by atoms with Crippen molar-refractivity contribution in [2.24, 2.45) is 0 Å². The number of fused-ring (bicyclic) bond motifs is 1. The predicted octanol–water partition coefficient (Wildman–Crippen LogP) is 4.79. The molecule has 1 amide bonds. The molecule has 0 saturated carbocycles. The molecule has 3 aromatic rings. The molecule has 0 bridgehead atoms. The predicted molar refractivity (Wildman–Crippen MR) is 139 cm³/mol. The molecular weight excluding hydrogens is 490 g/mol. The lowest BCUT2D eigenvalue weighted by Gasteiger charge is -2.42. The molecule has 1 N–H and O–H groups in total. The average Bonchev–Trinajstić information content (AvgIpc) is 3.11. The van der Waals surface area contributed by atoms with E-state index in [9.17, 15) is 13.2 Å². The first-order valence-electron chi connectivity index (χ1n) is 11.2. The summed E-state index contributed by atoms with van der Waals surface area (Å²) >= 11 is 8.10. The molecule has 34 heavy (non-hydrogen) atoms. The number of thioether (sulfide) groups is 1. The number of amides is 1. The topological polar surface area (TPSA) is 69.7 Å². The summed E-state index contributed by atoms with van der Waals surface area (Å²) < 4.78 is 28.0. The van der Waals surface area contributed by atoms with Crippen LogP contribution < -0.4 is 5.32 Å². The van der Waals surface area contributed by atoms with Crippen molar-refractivity contribution in [1.82, 2.24) is 9.21 Å². The molecule has 6 nitrogen and oxygen atoms in total. The highest BCUT2D eigenvalue weighted by atomic mass is 35.5. The fourth-order valence-corrected chi connectivity index (χ4v) is 7.80. The Labute approximate surface area is 209 Å². The molecule has 2 aliphatic rings. The Bertz CT molecular complexity index is 1350. The second kappa shape index (κ2) is 9.07. The number of hydrogen-bond donors (Lipinski definition) is 1. The Kier molecular flexibility index (Phi) is 6.27. The first kappa shape index (κ1) is 23.5. The summed E-state index contributed by atoms with van der Waals surface area (Å²) in [7, 11) is -1.85. The van der Waals surface area contributed by atoms with E-state index in [0.29, 0.717) is 48.9 Å². The van der Waals surface area contributed by atoms with Crippen molar-refractivity contribution in [1.29, 1.82) is 0 Å². The van der Waals surface area contributed by atoms with Gasteiger partial charge < -0.3 is 10.2 Å². The first-order valence-corrected chi connectivity index (χ1v) is 14.0. The third-order valence-electron chi connectivity index (χ3n) is 6.83. The molecule has 5 rings (SSSR count). The van der Waals surface area contributed by atoms with E-state index in [1.165, 1.54) is 21.1 Å². The maximum atomic E-state index is 13.3. The van der Waals surface area contributed by atoms with Gasteiger partial charge >= 0.3 is 0 Å². The SMILES string of the molecule is CN1C(=O)CSC12CCN(S(=O)(=O)c1ccc(NCc3ccc4ccccc4c3)c(Cl)c1)CC2. The summed E-state index contributed by atoms with van der Waals surface area (Å²) in [5.41, 5.74) is 1.80. The van der Waals surface area contributed by atoms with Crippen molar-refractivity contribution in [3.05, 3.63) is 71.2 Å². The zero-order valence-corrected chi connectivity index (χ0v) is 21.2. The van der Waals surface area contributed by atoms with Crippen molar-refractivity contribution >= 4 is 55.8 Å². The minimum atomic E-state index is -3.66. The van der Waals surface area contributed by atoms with E-state index in [2.05, 4.69) is 35.6 Å². The first-order chi connectivity index (χ1) is 16.3. The van der Waals surface area contributed by atoms with Gasteiger partial charge in [0.05, 0.1) is 26.2 Å². The van der Waals surface area contributed by atoms with Crippen LogP contribution in [-0.2, 0) is 21.4 Å². The number of hydrogen-bond acceptors (Lipinski definition) is 5. The molecule has 1 spiro atoms. The summed E-state index contributed by atoms with van der Waals surface area (Å²) in [6.07, 6.45) is 1.25. The van der Waals surface area contributed by atoms with Crippen LogP contribution >= 0.6 is 23.4 Å². The fraction of sp³-hybridized carbons (Fsp3) is 0.320. The minimum Gasteiger partial charge on any atom is -0.380 e. The van der Waals surface area contributed by atoms with Crippen LogP contribution in [0.25, 0.3) is 10.8 Å². The molecule has 178 valence electrons. The van der Waals surface area contributed by atoms with Crippen LogP contribution in [0.1, 0.15) is 18.4 Å². The molecule has 2 aliphatic heterocycles. The van der Waals surface area contributed by atoms with Gasteiger partial charge in [-0.25, -0.2) is 8.42 Å². The van der Waals surface area contributed by atoms with E-state index >= 15 is 0 Å². The van der Waals surface area contributed by atoms with Gasteiger partial charge in [0.15, 0.2) is 0 Å². The molecule has 0 aliphatic carbocycles. The van der Waals surface area contributed by atoms with E-state index < -0.39 is 10.0 Å². The summed E-state index contributed by atoms with van der Waals surface area (Å²) in [6.45, 7) is 1.34. The number of piperidine rings is 1. The van der Waals surface area contributed by atoms with E-state index in [1.54, 1.807) is 28.8 Å². The van der Waals surface area contributed by atoms with Gasteiger partial charge in [0.25, 0.3) is 0 Å². The lowest BCUT2D eigenvalue weighted by atomic mass is 10.0. The molecule has 3 aromatic carbocycles. The number of halogens is 1. The number of anilines is 1. The van der Waals surface area contributed by atoms with Crippen LogP contribution in [0.3, 0.4) is 0 Å². The second-order valence-corrected chi connectivity index (χ2v) is 12.5. The molecule has 0 radical (unpaired) electrons. The van der Waals surface area contributed by atoms with Gasteiger partial charge in [0.2, 0.25) is 15.9 Å². The molecular formula is C25H26ClN3O3S2. The Morgan fingerprint density at radius 3 is 2.44 bits per heavy atom. The van der Waals surface area contributed by atoms with Crippen LogP contribution in [-0.4, -0.2) is 54.3 Å². The highest BCUT2D eigenvalue weighted by molar-refractivity contribution is 8.01. The Hall–Kier alpha value is -2.26. The zero-order valence-electron chi connectivity index (χ0n) is 18.8. The molecule has 0 aromatic heterocycles. The van der Waals surface area contributed by atoms with Crippen molar-refractivity contribution in [3.8, 4) is 0 Å². The minimum absolute atomic E-state index is 0.111. The van der Waals surface area contributed by atoms with Gasteiger partial charge in [-0.05, 0) is 53.4 Å². The van der Waals surface area contributed by atoms with Crippen molar-refractivity contribution in [2.75, 3.05) is 31.2 Å². The summed E-state index contributed by atoms with van der Waals surface area (Å²) in [5.74, 6) is 0.576. The molecule has 2 fully saturated rings. The molecule has 2 saturated heterocycles. The van der Waals surface area contributed by atoms with E-state index in [4.69, 9.17) is 11.6 Å². The highest BCUT2D eigenvalue weighted by Crippen LogP contribution is 2.44. The largest absolute Gasteiger partial charge is 0.380 e. The third-order valence-corrected chi connectivity index (χ3v) is 10.6. The number of benzene rings is 3. The summed E-state index contributed by atoms with van der Waals surface area (Å²) in [6, 6.07) is 19.3. The maximum Gasteiger partial charge on any atom is 0.243 e. The number of nitrogens with zero attached hydrogens (tertiary/aromatic N) is 2. The van der Waals surface area contributed by atoms with Gasteiger partial charge in [-0.15, -0.1) is 11.8 Å². The smallest absolute Gasteiger partial charge is 0.243 e. The van der Waals surface area contributed by atoms with Crippen LogP contribution in [0.15, 0.2) is 65.6 Å². The second-order valence-electron chi connectivity index (χ2n) is 8.77. The molecule has 0 atom stereocenters. The molecule has 9 heteroatoms. The maximum absolute atomic E-state index is 13.3. The summed E-state index contributed by atoms with van der Waals surface area (Å²) in [5, 5.41) is 6.04. The lowest BCUT2D eigenvalue weighted by molar-refractivity contribution is -0.129. The van der Waals surface area contributed by atoms with Gasteiger partial charge in [-0.1, -0.05) is 48.0 Å². The van der Waals surface area contributed by atoms with E-state index in [-0.39, 0.29) is 15.7 Å². The standard InChI is InChI=1S/C25H26ClN3O3S2/c1-28-24(30)17-33-25(28)10-12-29(13-11-25)34(31,32)21-8-9-23(22(26)15-21)27-16-18-6-7-19-4-2-3-5-20(19)14-18/h2-9,14-15,27H,10-13,16-17H2,1H3. The van der Waals surface area contributed by atoms with Gasteiger partial charge in [-0.3, -0.25) is 4.79 Å². The molecule has 0 unspecified atom stereocenters. The quantitative estimate of drug-likeness (QED) is 0.529. The van der Waals surface area contributed by atoms with Crippen LogP contribution in [0.5, 0.6) is 0 Å². The van der Waals surface area contributed by atoms with Crippen molar-refractivity contribution in [2.45, 2.75) is 29.2 Å². The van der Waals surface area contributed by atoms with Gasteiger partial charge in [0.1, 0.15) is 0 Å². The molecule has 2 heterocycles. The van der Waals surface area contributed by atoms with E-state index in [1.807, 2.05) is 19.2 Å². The van der Waals surface area contributed by atoms with E-state index in [0.717, 1.165) is 5.56 Å². The number of sulfonamides is 1. The van der Waals surface area contributed by atoms with Gasteiger partial charge in [0, 0.05) is 26.7 Å². The monoisotopic (exact) mass is 515 g/mol. The summed E-state index contributed by atoms with van der Waals surface area (Å²) in [4.78, 5) is 13.7. The highest BCUT2D eigenvalue weighted by Gasteiger charge is 2.47. The fourth-order valence-electron chi connectivity index (χ4n) is 4.67. The number of carbonyl (C=O) groups is 1. The van der Waals surface area contributed by atoms with Crippen LogP contribution in [0, 0.1) is 0 Å². The van der Waals surface area contributed by atoms with Gasteiger partial charge in [-0.2, -0.15) is 4.31 Å².